The van der Waals surface area contributed by atoms with Gasteiger partial charge in [-0.25, -0.2) is 10.2 Å². The molecule has 172 valence electrons. The zero-order valence-electron chi connectivity index (χ0n) is 18.6. The maximum atomic E-state index is 12.5. The summed E-state index contributed by atoms with van der Waals surface area (Å²) in [5.41, 5.74) is 3.37. The van der Waals surface area contributed by atoms with Crippen LogP contribution in [0, 0.1) is 0 Å². The molecule has 0 saturated carbocycles. The number of hydrogen-bond acceptors (Lipinski definition) is 7. The topological polar surface area (TPSA) is 99.4 Å². The molecule has 1 heterocycles. The quantitative estimate of drug-likeness (QED) is 0.242. The molecule has 34 heavy (non-hydrogen) atoms. The number of nitrogens with one attached hydrogen (secondary N) is 1. The SMILES string of the molecule is COc1cc(C=NNC(=O)c2cc3cccc(OC)c3oc2=O)ccc1OCc1ccccc1. The highest BCUT2D eigenvalue weighted by Crippen LogP contribution is 2.28. The van der Waals surface area contributed by atoms with Crippen LogP contribution in [-0.2, 0) is 6.61 Å². The van der Waals surface area contributed by atoms with Gasteiger partial charge < -0.3 is 18.6 Å². The van der Waals surface area contributed by atoms with E-state index in [9.17, 15) is 9.59 Å². The largest absolute Gasteiger partial charge is 0.493 e. The lowest BCUT2D eigenvalue weighted by molar-refractivity contribution is 0.0951. The molecule has 0 saturated heterocycles. The van der Waals surface area contributed by atoms with E-state index in [1.54, 1.807) is 43.5 Å². The molecule has 0 radical (unpaired) electrons. The molecule has 0 aliphatic heterocycles. The molecule has 1 aromatic heterocycles. The van der Waals surface area contributed by atoms with Crippen LogP contribution in [0.25, 0.3) is 11.0 Å². The van der Waals surface area contributed by atoms with Crippen LogP contribution in [0.5, 0.6) is 17.2 Å². The van der Waals surface area contributed by atoms with Gasteiger partial charge in [0, 0.05) is 5.39 Å². The second kappa shape index (κ2) is 10.4. The third-order valence-corrected chi connectivity index (χ3v) is 4.99. The minimum Gasteiger partial charge on any atom is -0.493 e. The molecule has 4 aromatic rings. The Morgan fingerprint density at radius 3 is 2.50 bits per heavy atom. The first kappa shape index (κ1) is 22.6. The second-order valence-electron chi connectivity index (χ2n) is 7.21. The molecule has 8 nitrogen and oxygen atoms in total. The number of benzene rings is 3. The van der Waals surface area contributed by atoms with E-state index in [-0.39, 0.29) is 11.1 Å². The average Bonchev–Trinajstić information content (AvgIpc) is 2.87. The van der Waals surface area contributed by atoms with E-state index in [0.29, 0.717) is 34.8 Å². The number of carbonyl (C=O) groups excluding carboxylic acids is 1. The lowest BCUT2D eigenvalue weighted by Gasteiger charge is -2.11. The number of hydrazone groups is 1. The molecule has 4 rings (SSSR count). The number of fused-ring (bicyclic) bond motifs is 1. The van der Waals surface area contributed by atoms with Crippen LogP contribution in [0.1, 0.15) is 21.5 Å². The molecular formula is C26H22N2O6. The van der Waals surface area contributed by atoms with Crippen molar-refractivity contribution in [2.75, 3.05) is 14.2 Å². The summed E-state index contributed by atoms with van der Waals surface area (Å²) < 4.78 is 21.7. The molecule has 0 bridgehead atoms. The summed E-state index contributed by atoms with van der Waals surface area (Å²) in [6.07, 6.45) is 1.44. The zero-order valence-corrected chi connectivity index (χ0v) is 18.6. The van der Waals surface area contributed by atoms with E-state index >= 15 is 0 Å². The average molecular weight is 458 g/mol. The van der Waals surface area contributed by atoms with E-state index in [4.69, 9.17) is 18.6 Å². The van der Waals surface area contributed by atoms with Crippen molar-refractivity contribution in [3.63, 3.8) is 0 Å². The number of rotatable bonds is 8. The molecule has 1 N–H and O–H groups in total. The van der Waals surface area contributed by atoms with Crippen molar-refractivity contribution in [1.82, 2.24) is 5.43 Å². The number of ether oxygens (including phenoxy) is 3. The predicted molar refractivity (Wildman–Crippen MR) is 128 cm³/mol. The molecule has 0 aliphatic rings. The highest BCUT2D eigenvalue weighted by Gasteiger charge is 2.15. The predicted octanol–water partition coefficient (Wildman–Crippen LogP) is 4.15. The molecule has 8 heteroatoms. The smallest absolute Gasteiger partial charge is 0.349 e. The highest BCUT2D eigenvalue weighted by atomic mass is 16.5. The van der Waals surface area contributed by atoms with Gasteiger partial charge in [0.15, 0.2) is 22.8 Å². The van der Waals surface area contributed by atoms with Crippen molar-refractivity contribution in [3.05, 3.63) is 99.9 Å². The Morgan fingerprint density at radius 2 is 1.74 bits per heavy atom. The third kappa shape index (κ3) is 5.07. The number of hydrogen-bond donors (Lipinski definition) is 1. The van der Waals surface area contributed by atoms with Gasteiger partial charge in [-0.2, -0.15) is 5.10 Å². The first-order chi connectivity index (χ1) is 16.6. The number of amides is 1. The maximum absolute atomic E-state index is 12.5. The van der Waals surface area contributed by atoms with Gasteiger partial charge in [-0.1, -0.05) is 42.5 Å². The van der Waals surface area contributed by atoms with Gasteiger partial charge in [-0.15, -0.1) is 0 Å². The number of nitrogens with zero attached hydrogens (tertiary/aromatic N) is 1. The van der Waals surface area contributed by atoms with E-state index in [1.807, 2.05) is 30.3 Å². The highest BCUT2D eigenvalue weighted by molar-refractivity contribution is 5.97. The van der Waals surface area contributed by atoms with E-state index in [2.05, 4.69) is 10.5 Å². The summed E-state index contributed by atoms with van der Waals surface area (Å²) in [6, 6.07) is 21.6. The Labute approximate surface area is 195 Å². The second-order valence-corrected chi connectivity index (χ2v) is 7.21. The van der Waals surface area contributed by atoms with Crippen LogP contribution >= 0.6 is 0 Å². The van der Waals surface area contributed by atoms with Crippen LogP contribution in [0.3, 0.4) is 0 Å². The molecule has 1 amide bonds. The van der Waals surface area contributed by atoms with Gasteiger partial charge in [0.05, 0.1) is 20.4 Å². The van der Waals surface area contributed by atoms with Crippen molar-refractivity contribution < 1.29 is 23.4 Å². The first-order valence-electron chi connectivity index (χ1n) is 10.4. The summed E-state index contributed by atoms with van der Waals surface area (Å²) in [4.78, 5) is 24.8. The first-order valence-corrected chi connectivity index (χ1v) is 10.4. The normalized spacial score (nSPS) is 10.9. The summed E-state index contributed by atoms with van der Waals surface area (Å²) in [5.74, 6) is 0.821. The van der Waals surface area contributed by atoms with E-state index in [1.165, 1.54) is 19.4 Å². The number of carbonyl (C=O) groups is 1. The molecule has 0 spiro atoms. The fourth-order valence-electron chi connectivity index (χ4n) is 3.28. The lowest BCUT2D eigenvalue weighted by Crippen LogP contribution is -2.24. The van der Waals surface area contributed by atoms with Crippen LogP contribution in [0.15, 0.2) is 87.1 Å². The zero-order chi connectivity index (χ0) is 23.9. The van der Waals surface area contributed by atoms with Crippen LogP contribution in [-0.4, -0.2) is 26.3 Å². The Hall–Kier alpha value is -4.59. The van der Waals surface area contributed by atoms with Crippen molar-refractivity contribution in [2.45, 2.75) is 6.61 Å². The van der Waals surface area contributed by atoms with Gasteiger partial charge in [0.1, 0.15) is 12.2 Å². The van der Waals surface area contributed by atoms with Crippen molar-refractivity contribution in [2.24, 2.45) is 5.10 Å². The minimum atomic E-state index is -0.786. The van der Waals surface area contributed by atoms with Crippen LogP contribution in [0.2, 0.25) is 0 Å². The molecule has 0 aliphatic carbocycles. The number of para-hydroxylation sites is 1. The molecule has 3 aromatic carbocycles. The molecular weight excluding hydrogens is 436 g/mol. The maximum Gasteiger partial charge on any atom is 0.349 e. The fraction of sp³-hybridized carbons (Fsp3) is 0.115. The Balaban J connectivity index is 1.45. The Bertz CT molecular complexity index is 1400. The minimum absolute atomic E-state index is 0.167. The fourth-order valence-corrected chi connectivity index (χ4v) is 3.28. The van der Waals surface area contributed by atoms with E-state index < -0.39 is 11.5 Å². The van der Waals surface area contributed by atoms with Crippen molar-refractivity contribution in [1.29, 1.82) is 0 Å². The lowest BCUT2D eigenvalue weighted by atomic mass is 10.1. The van der Waals surface area contributed by atoms with Crippen LogP contribution < -0.4 is 25.3 Å². The Kier molecular flexibility index (Phi) is 6.88. The third-order valence-electron chi connectivity index (χ3n) is 4.99. The monoisotopic (exact) mass is 458 g/mol. The summed E-state index contributed by atoms with van der Waals surface area (Å²) in [7, 11) is 3.02. The number of methoxy groups -OCH3 is 2. The van der Waals surface area contributed by atoms with Gasteiger partial charge in [0.2, 0.25) is 0 Å². The van der Waals surface area contributed by atoms with E-state index in [0.717, 1.165) is 5.56 Å². The van der Waals surface area contributed by atoms with Crippen LogP contribution in [0.4, 0.5) is 0 Å². The summed E-state index contributed by atoms with van der Waals surface area (Å²) in [5, 5.41) is 4.50. The summed E-state index contributed by atoms with van der Waals surface area (Å²) in [6.45, 7) is 0.404. The summed E-state index contributed by atoms with van der Waals surface area (Å²) >= 11 is 0. The molecule has 0 unspecified atom stereocenters. The Morgan fingerprint density at radius 1 is 0.941 bits per heavy atom. The van der Waals surface area contributed by atoms with Gasteiger partial charge >= 0.3 is 5.63 Å². The standard InChI is InChI=1S/C26H22N2O6/c1-31-22-10-6-9-19-14-20(26(30)34-24(19)22)25(29)28-27-15-18-11-12-21(23(13-18)32-2)33-16-17-7-4-3-5-8-17/h3-15H,16H2,1-2H3,(H,28,29). The molecule has 0 fully saturated rings. The van der Waals surface area contributed by atoms with Gasteiger partial charge in [0.25, 0.3) is 5.91 Å². The van der Waals surface area contributed by atoms with Gasteiger partial charge in [-0.05, 0) is 41.5 Å². The molecule has 0 atom stereocenters. The van der Waals surface area contributed by atoms with Crippen molar-refractivity contribution >= 4 is 23.1 Å². The van der Waals surface area contributed by atoms with Crippen molar-refractivity contribution in [3.8, 4) is 17.2 Å². The van der Waals surface area contributed by atoms with Gasteiger partial charge in [-0.3, -0.25) is 4.79 Å².